The number of ether oxygens (including phenoxy) is 1. The molecule has 1 unspecified atom stereocenters. The van der Waals surface area contributed by atoms with Crippen molar-refractivity contribution in [2.45, 2.75) is 52.3 Å². The van der Waals surface area contributed by atoms with Crippen molar-refractivity contribution in [1.29, 1.82) is 0 Å². The first-order valence-electron chi connectivity index (χ1n) is 7.38. The molecule has 110 valence electrons. The molecule has 0 saturated carbocycles. The van der Waals surface area contributed by atoms with E-state index < -0.39 is 0 Å². The molecule has 0 fully saturated rings. The first kappa shape index (κ1) is 14.9. The topological polar surface area (TPSA) is 55.6 Å². The smallest absolute Gasteiger partial charge is 0.249 e. The molecule has 20 heavy (non-hydrogen) atoms. The van der Waals surface area contributed by atoms with Gasteiger partial charge < -0.3 is 10.5 Å². The molecule has 0 aromatic heterocycles. The summed E-state index contributed by atoms with van der Waals surface area (Å²) in [4.78, 5) is 13.8. The van der Waals surface area contributed by atoms with Crippen LogP contribution >= 0.6 is 0 Å². The predicted octanol–water partition coefficient (Wildman–Crippen LogP) is 2.56. The van der Waals surface area contributed by atoms with Crippen LogP contribution in [0.25, 0.3) is 0 Å². The minimum atomic E-state index is -0.377. The number of amides is 1. The lowest BCUT2D eigenvalue weighted by Crippen LogP contribution is -2.46. The number of hydrogen-bond acceptors (Lipinski definition) is 3. The summed E-state index contributed by atoms with van der Waals surface area (Å²) < 4.78 is 6.12. The molecular weight excluding hydrogens is 252 g/mol. The van der Waals surface area contributed by atoms with E-state index in [1.165, 1.54) is 0 Å². The van der Waals surface area contributed by atoms with Gasteiger partial charge in [-0.15, -0.1) is 0 Å². The van der Waals surface area contributed by atoms with E-state index in [1.807, 2.05) is 12.1 Å². The second kappa shape index (κ2) is 6.27. The van der Waals surface area contributed by atoms with Crippen molar-refractivity contribution in [2.24, 2.45) is 5.73 Å². The summed E-state index contributed by atoms with van der Waals surface area (Å²) in [5.74, 6) is 0.428. The van der Waals surface area contributed by atoms with Gasteiger partial charge in [-0.1, -0.05) is 13.0 Å². The second-order valence-corrected chi connectivity index (χ2v) is 5.59. The van der Waals surface area contributed by atoms with E-state index in [-0.39, 0.29) is 12.1 Å². The molecule has 0 spiro atoms. The molecule has 2 N–H and O–H groups in total. The molecule has 0 bridgehead atoms. The highest BCUT2D eigenvalue weighted by atomic mass is 16.5. The Hall–Kier alpha value is -1.55. The summed E-state index contributed by atoms with van der Waals surface area (Å²) in [5, 5.41) is 0. The molecule has 0 radical (unpaired) electrons. The van der Waals surface area contributed by atoms with Crippen LogP contribution in [0.15, 0.2) is 18.2 Å². The number of hydrogen-bond donors (Lipinski definition) is 1. The van der Waals surface area contributed by atoms with Crippen molar-refractivity contribution in [3.8, 4) is 5.75 Å². The summed E-state index contributed by atoms with van der Waals surface area (Å²) in [6.45, 7) is 7.58. The average molecular weight is 276 g/mol. The SMILES string of the molecule is CCCN(C(C)C)C1CCc2c(cccc2C(N)=O)O1. The Morgan fingerprint density at radius 2 is 2.25 bits per heavy atom. The van der Waals surface area contributed by atoms with Gasteiger partial charge in [-0.3, -0.25) is 9.69 Å². The van der Waals surface area contributed by atoms with Crippen LogP contribution in [0.2, 0.25) is 0 Å². The number of rotatable bonds is 5. The maximum Gasteiger partial charge on any atom is 0.249 e. The zero-order chi connectivity index (χ0) is 14.7. The van der Waals surface area contributed by atoms with Crippen molar-refractivity contribution < 1.29 is 9.53 Å². The molecule has 1 aliphatic rings. The van der Waals surface area contributed by atoms with Crippen molar-refractivity contribution in [3.63, 3.8) is 0 Å². The highest BCUT2D eigenvalue weighted by molar-refractivity contribution is 5.95. The van der Waals surface area contributed by atoms with Gasteiger partial charge in [-0.25, -0.2) is 0 Å². The number of primary amides is 1. The number of carbonyl (C=O) groups is 1. The summed E-state index contributed by atoms with van der Waals surface area (Å²) in [5.41, 5.74) is 6.97. The zero-order valence-electron chi connectivity index (χ0n) is 12.6. The van der Waals surface area contributed by atoms with Gasteiger partial charge in [0.25, 0.3) is 0 Å². The lowest BCUT2D eigenvalue weighted by atomic mass is 9.98. The maximum atomic E-state index is 11.5. The Bertz CT molecular complexity index is 485. The van der Waals surface area contributed by atoms with E-state index in [1.54, 1.807) is 6.07 Å². The van der Waals surface area contributed by atoms with Gasteiger partial charge in [0.2, 0.25) is 5.91 Å². The van der Waals surface area contributed by atoms with E-state index >= 15 is 0 Å². The van der Waals surface area contributed by atoms with Gasteiger partial charge in [0.1, 0.15) is 5.75 Å². The number of nitrogens with two attached hydrogens (primary N) is 1. The van der Waals surface area contributed by atoms with E-state index in [0.717, 1.165) is 37.1 Å². The second-order valence-electron chi connectivity index (χ2n) is 5.59. The van der Waals surface area contributed by atoms with Gasteiger partial charge >= 0.3 is 0 Å². The van der Waals surface area contributed by atoms with Crippen molar-refractivity contribution in [3.05, 3.63) is 29.3 Å². The lowest BCUT2D eigenvalue weighted by Gasteiger charge is -2.38. The number of carbonyl (C=O) groups excluding carboxylic acids is 1. The molecule has 2 rings (SSSR count). The maximum absolute atomic E-state index is 11.5. The van der Waals surface area contributed by atoms with E-state index in [0.29, 0.717) is 11.6 Å². The Labute approximate surface area is 120 Å². The number of fused-ring (bicyclic) bond motifs is 1. The van der Waals surface area contributed by atoms with E-state index in [4.69, 9.17) is 10.5 Å². The minimum absolute atomic E-state index is 0.0885. The third kappa shape index (κ3) is 2.96. The van der Waals surface area contributed by atoms with Crippen molar-refractivity contribution >= 4 is 5.91 Å². The molecule has 4 heteroatoms. The fraction of sp³-hybridized carbons (Fsp3) is 0.562. The van der Waals surface area contributed by atoms with Crippen LogP contribution in [0, 0.1) is 0 Å². The monoisotopic (exact) mass is 276 g/mol. The number of benzene rings is 1. The van der Waals surface area contributed by atoms with E-state index in [9.17, 15) is 4.79 Å². The Kier molecular flexibility index (Phi) is 4.65. The molecule has 4 nitrogen and oxygen atoms in total. The van der Waals surface area contributed by atoms with Gasteiger partial charge in [0.05, 0.1) is 0 Å². The van der Waals surface area contributed by atoms with Gasteiger partial charge in [-0.2, -0.15) is 0 Å². The Balaban J connectivity index is 2.23. The molecule has 1 aliphatic heterocycles. The number of nitrogens with zero attached hydrogens (tertiary/aromatic N) is 1. The van der Waals surface area contributed by atoms with Crippen LogP contribution in [-0.2, 0) is 6.42 Å². The third-order valence-corrected chi connectivity index (χ3v) is 3.82. The predicted molar refractivity (Wildman–Crippen MR) is 79.8 cm³/mol. The summed E-state index contributed by atoms with van der Waals surface area (Å²) >= 11 is 0. The molecule has 1 heterocycles. The van der Waals surface area contributed by atoms with Crippen molar-refractivity contribution in [2.75, 3.05) is 6.54 Å². The molecule has 1 aromatic carbocycles. The molecular formula is C16H24N2O2. The third-order valence-electron chi connectivity index (χ3n) is 3.82. The van der Waals surface area contributed by atoms with Crippen LogP contribution in [0.5, 0.6) is 5.75 Å². The first-order chi connectivity index (χ1) is 9.54. The van der Waals surface area contributed by atoms with Crippen LogP contribution < -0.4 is 10.5 Å². The zero-order valence-corrected chi connectivity index (χ0v) is 12.6. The van der Waals surface area contributed by atoms with Gasteiger partial charge in [0, 0.05) is 30.1 Å². The minimum Gasteiger partial charge on any atom is -0.475 e. The average Bonchev–Trinajstić information content (AvgIpc) is 2.43. The summed E-state index contributed by atoms with van der Waals surface area (Å²) in [6.07, 6.45) is 2.93. The largest absolute Gasteiger partial charge is 0.475 e. The summed E-state index contributed by atoms with van der Waals surface area (Å²) in [6, 6.07) is 5.98. The standard InChI is InChI=1S/C16H24N2O2/c1-4-10-18(11(2)3)15-9-8-12-13(16(17)19)6-5-7-14(12)20-15/h5-7,11,15H,4,8-10H2,1-3H3,(H2,17,19). The Morgan fingerprint density at radius 3 is 2.85 bits per heavy atom. The fourth-order valence-corrected chi connectivity index (χ4v) is 2.86. The van der Waals surface area contributed by atoms with Crippen LogP contribution in [0.3, 0.4) is 0 Å². The molecule has 0 aliphatic carbocycles. The molecule has 0 saturated heterocycles. The van der Waals surface area contributed by atoms with Crippen LogP contribution in [0.4, 0.5) is 0 Å². The fourth-order valence-electron chi connectivity index (χ4n) is 2.86. The van der Waals surface area contributed by atoms with E-state index in [2.05, 4.69) is 25.7 Å². The molecule has 1 atom stereocenters. The lowest BCUT2D eigenvalue weighted by molar-refractivity contribution is -0.0105. The van der Waals surface area contributed by atoms with Crippen molar-refractivity contribution in [1.82, 2.24) is 4.90 Å². The van der Waals surface area contributed by atoms with Crippen LogP contribution in [0.1, 0.15) is 49.5 Å². The highest BCUT2D eigenvalue weighted by Crippen LogP contribution is 2.31. The normalized spacial score (nSPS) is 17.9. The molecule has 1 amide bonds. The molecule has 1 aromatic rings. The van der Waals surface area contributed by atoms with Gasteiger partial charge in [-0.05, 0) is 38.8 Å². The highest BCUT2D eigenvalue weighted by Gasteiger charge is 2.28. The van der Waals surface area contributed by atoms with Crippen LogP contribution in [-0.4, -0.2) is 29.6 Å². The van der Waals surface area contributed by atoms with Gasteiger partial charge in [0.15, 0.2) is 6.23 Å². The Morgan fingerprint density at radius 1 is 1.50 bits per heavy atom. The first-order valence-corrected chi connectivity index (χ1v) is 7.38. The quantitative estimate of drug-likeness (QED) is 0.899. The summed E-state index contributed by atoms with van der Waals surface area (Å²) in [7, 11) is 0.